The van der Waals surface area contributed by atoms with E-state index in [1.54, 1.807) is 14.2 Å². The molecule has 0 bridgehead atoms. The van der Waals surface area contributed by atoms with Crippen molar-refractivity contribution < 1.29 is 19.1 Å². The predicted molar refractivity (Wildman–Crippen MR) is 96.8 cm³/mol. The van der Waals surface area contributed by atoms with Gasteiger partial charge in [0.05, 0.1) is 26.1 Å². The van der Waals surface area contributed by atoms with Crippen molar-refractivity contribution in [3.63, 3.8) is 0 Å². The van der Waals surface area contributed by atoms with E-state index < -0.39 is 0 Å². The molecule has 0 saturated carbocycles. The lowest BCUT2D eigenvalue weighted by atomic mass is 9.98. The van der Waals surface area contributed by atoms with Crippen LogP contribution in [0.4, 0.5) is 0 Å². The summed E-state index contributed by atoms with van der Waals surface area (Å²) < 4.78 is 10.5. The summed E-state index contributed by atoms with van der Waals surface area (Å²) in [5.41, 5.74) is 0.891. The lowest BCUT2D eigenvalue weighted by Crippen LogP contribution is -2.34. The Labute approximate surface area is 147 Å². The second-order valence-electron chi connectivity index (χ2n) is 5.74. The molecule has 0 fully saturated rings. The molecule has 0 aliphatic carbocycles. The van der Waals surface area contributed by atoms with Crippen molar-refractivity contribution in [3.05, 3.63) is 42.0 Å². The first-order chi connectivity index (χ1) is 12.0. The van der Waals surface area contributed by atoms with Crippen LogP contribution in [0.15, 0.2) is 36.4 Å². The van der Waals surface area contributed by atoms with Gasteiger partial charge in [-0.2, -0.15) is 0 Å². The molecule has 6 nitrogen and oxygen atoms in total. The summed E-state index contributed by atoms with van der Waals surface area (Å²) in [5, 5.41) is 7.50. The quantitative estimate of drug-likeness (QED) is 0.564. The molecule has 0 unspecified atom stereocenters. The highest BCUT2D eigenvalue weighted by Crippen LogP contribution is 2.25. The van der Waals surface area contributed by atoms with Gasteiger partial charge in [0.2, 0.25) is 5.91 Å². The number of likely N-dealkylation sites (N-methyl/N-ethyl adjacent to an activating group) is 1. The molecule has 6 heteroatoms. The van der Waals surface area contributed by atoms with Crippen molar-refractivity contribution in [1.82, 2.24) is 10.6 Å². The minimum atomic E-state index is -0.375. The maximum absolute atomic E-state index is 12.2. The van der Waals surface area contributed by atoms with E-state index in [0.717, 1.165) is 22.1 Å². The van der Waals surface area contributed by atoms with Gasteiger partial charge in [0.15, 0.2) is 0 Å². The Hall–Kier alpha value is -2.60. The summed E-state index contributed by atoms with van der Waals surface area (Å²) in [6.07, 6.45) is 0. The highest BCUT2D eigenvalue weighted by atomic mass is 16.5. The first-order valence-corrected chi connectivity index (χ1v) is 8.20. The number of hydrogen-bond acceptors (Lipinski definition) is 5. The highest BCUT2D eigenvalue weighted by Gasteiger charge is 2.17. The molecule has 1 atom stereocenters. The summed E-state index contributed by atoms with van der Waals surface area (Å²) in [4.78, 5) is 23.5. The number of carbonyl (C=O) groups is 2. The van der Waals surface area contributed by atoms with E-state index in [0.29, 0.717) is 6.54 Å². The Morgan fingerprint density at radius 1 is 1.12 bits per heavy atom. The van der Waals surface area contributed by atoms with Crippen LogP contribution in [0.1, 0.15) is 18.4 Å². The van der Waals surface area contributed by atoms with Crippen molar-refractivity contribution in [3.8, 4) is 5.75 Å². The molecular formula is C19H24N2O4. The minimum absolute atomic E-state index is 0.128. The Morgan fingerprint density at radius 3 is 2.56 bits per heavy atom. The molecule has 134 valence electrons. The SMILES string of the molecule is CNCC(=O)NCCOC(=O)[C@@H](C)c1ccc2cc(OC)ccc2c1. The predicted octanol–water partition coefficient (Wildman–Crippen LogP) is 1.83. The standard InChI is InChI=1S/C19H24N2O4/c1-13(19(23)25-9-8-21-18(22)12-20-2)14-4-5-16-11-17(24-3)7-6-15(16)10-14/h4-7,10-11,13,20H,8-9,12H2,1-3H3,(H,21,22)/t13-/m0/s1. The molecule has 0 radical (unpaired) electrons. The fourth-order valence-electron chi connectivity index (χ4n) is 2.46. The Bertz CT molecular complexity index is 745. The molecule has 0 spiro atoms. The zero-order chi connectivity index (χ0) is 18.2. The summed E-state index contributed by atoms with van der Waals surface area (Å²) in [7, 11) is 3.33. The topological polar surface area (TPSA) is 76.7 Å². The van der Waals surface area contributed by atoms with E-state index in [2.05, 4.69) is 10.6 Å². The summed E-state index contributed by atoms with van der Waals surface area (Å²) in [5.74, 6) is -0.0141. The van der Waals surface area contributed by atoms with Gasteiger partial charge in [0, 0.05) is 0 Å². The number of amides is 1. The largest absolute Gasteiger partial charge is 0.497 e. The number of esters is 1. The van der Waals surface area contributed by atoms with Crippen LogP contribution in [0.25, 0.3) is 10.8 Å². The van der Waals surface area contributed by atoms with Crippen LogP contribution in [-0.2, 0) is 14.3 Å². The van der Waals surface area contributed by atoms with Crippen molar-refractivity contribution in [2.24, 2.45) is 0 Å². The third-order valence-electron chi connectivity index (χ3n) is 3.93. The number of hydrogen-bond donors (Lipinski definition) is 2. The zero-order valence-corrected chi connectivity index (χ0v) is 14.8. The van der Waals surface area contributed by atoms with Gasteiger partial charge in [0.1, 0.15) is 12.4 Å². The van der Waals surface area contributed by atoms with E-state index in [4.69, 9.17) is 9.47 Å². The second-order valence-corrected chi connectivity index (χ2v) is 5.74. The molecule has 0 aromatic heterocycles. The smallest absolute Gasteiger partial charge is 0.313 e. The summed E-state index contributed by atoms with van der Waals surface area (Å²) in [6.45, 7) is 2.51. The molecule has 1 amide bonds. The van der Waals surface area contributed by atoms with Gasteiger partial charge in [0.25, 0.3) is 0 Å². The molecule has 25 heavy (non-hydrogen) atoms. The number of ether oxygens (including phenoxy) is 2. The van der Waals surface area contributed by atoms with Crippen LogP contribution in [0.5, 0.6) is 5.75 Å². The first kappa shape index (κ1) is 18.7. The monoisotopic (exact) mass is 344 g/mol. The lowest BCUT2D eigenvalue weighted by molar-refractivity contribution is -0.145. The Balaban J connectivity index is 1.92. The van der Waals surface area contributed by atoms with Crippen LogP contribution < -0.4 is 15.4 Å². The molecule has 0 saturated heterocycles. The fourth-order valence-corrected chi connectivity index (χ4v) is 2.46. The maximum atomic E-state index is 12.2. The van der Waals surface area contributed by atoms with Gasteiger partial charge >= 0.3 is 5.97 Å². The van der Waals surface area contributed by atoms with Crippen LogP contribution in [-0.4, -0.2) is 45.7 Å². The normalized spacial score (nSPS) is 11.8. The van der Waals surface area contributed by atoms with Crippen molar-refractivity contribution in [2.75, 3.05) is 33.9 Å². The number of fused-ring (bicyclic) bond motifs is 1. The average molecular weight is 344 g/mol. The van der Waals surface area contributed by atoms with Crippen LogP contribution in [0, 0.1) is 0 Å². The van der Waals surface area contributed by atoms with E-state index in [-0.39, 0.29) is 30.9 Å². The molecule has 2 N–H and O–H groups in total. The number of carbonyl (C=O) groups excluding carboxylic acids is 2. The van der Waals surface area contributed by atoms with Crippen LogP contribution in [0.3, 0.4) is 0 Å². The number of benzene rings is 2. The zero-order valence-electron chi connectivity index (χ0n) is 14.8. The maximum Gasteiger partial charge on any atom is 0.313 e. The molecule has 2 aromatic rings. The summed E-state index contributed by atoms with van der Waals surface area (Å²) >= 11 is 0. The molecule has 0 heterocycles. The minimum Gasteiger partial charge on any atom is -0.497 e. The number of nitrogens with one attached hydrogen (secondary N) is 2. The van der Waals surface area contributed by atoms with E-state index in [1.165, 1.54) is 0 Å². The van der Waals surface area contributed by atoms with Crippen molar-refractivity contribution in [2.45, 2.75) is 12.8 Å². The fraction of sp³-hybridized carbons (Fsp3) is 0.368. The van der Waals surface area contributed by atoms with Gasteiger partial charge in [-0.15, -0.1) is 0 Å². The van der Waals surface area contributed by atoms with Gasteiger partial charge in [-0.3, -0.25) is 9.59 Å². The van der Waals surface area contributed by atoms with E-state index in [1.807, 2.05) is 43.3 Å². The van der Waals surface area contributed by atoms with Gasteiger partial charge in [-0.25, -0.2) is 0 Å². The van der Waals surface area contributed by atoms with Crippen LogP contribution in [0.2, 0.25) is 0 Å². The number of rotatable bonds is 8. The second kappa shape index (κ2) is 9.03. The van der Waals surface area contributed by atoms with Crippen molar-refractivity contribution >= 4 is 22.6 Å². The Kier molecular flexibility index (Phi) is 6.77. The lowest BCUT2D eigenvalue weighted by Gasteiger charge is -2.13. The Morgan fingerprint density at radius 2 is 1.84 bits per heavy atom. The molecule has 2 rings (SSSR count). The summed E-state index contributed by atoms with van der Waals surface area (Å²) in [6, 6.07) is 11.7. The average Bonchev–Trinajstić information content (AvgIpc) is 2.63. The van der Waals surface area contributed by atoms with Crippen molar-refractivity contribution in [1.29, 1.82) is 0 Å². The molecule has 0 aliphatic rings. The van der Waals surface area contributed by atoms with Gasteiger partial charge < -0.3 is 20.1 Å². The molecular weight excluding hydrogens is 320 g/mol. The molecule has 2 aromatic carbocycles. The number of methoxy groups -OCH3 is 1. The third-order valence-corrected chi connectivity index (χ3v) is 3.93. The third kappa shape index (κ3) is 5.19. The highest BCUT2D eigenvalue weighted by molar-refractivity contribution is 5.86. The van der Waals surface area contributed by atoms with Crippen LogP contribution >= 0.6 is 0 Å². The van der Waals surface area contributed by atoms with Gasteiger partial charge in [-0.05, 0) is 42.4 Å². The van der Waals surface area contributed by atoms with Gasteiger partial charge in [-0.1, -0.05) is 24.3 Å². The van der Waals surface area contributed by atoms with E-state index in [9.17, 15) is 9.59 Å². The van der Waals surface area contributed by atoms with E-state index >= 15 is 0 Å². The first-order valence-electron chi connectivity index (χ1n) is 8.20. The molecule has 0 aliphatic heterocycles.